The predicted molar refractivity (Wildman–Crippen MR) is 119 cm³/mol. The number of ether oxygens (including phenoxy) is 1. The molecule has 29 heavy (non-hydrogen) atoms. The van der Waals surface area contributed by atoms with Gasteiger partial charge < -0.3 is 19.6 Å². The Morgan fingerprint density at radius 3 is 2.66 bits per heavy atom. The van der Waals surface area contributed by atoms with Gasteiger partial charge in [-0.2, -0.15) is 0 Å². The normalized spacial score (nSPS) is 10.5. The predicted octanol–water partition coefficient (Wildman–Crippen LogP) is 4.65. The summed E-state index contributed by atoms with van der Waals surface area (Å²) in [5.74, 6) is 1.42. The van der Waals surface area contributed by atoms with Gasteiger partial charge in [-0.15, -0.1) is 0 Å². The number of thiocarbonyl (C=S) groups is 1. The Bertz CT molecular complexity index is 1060. The van der Waals surface area contributed by atoms with Crippen LogP contribution in [0, 0.1) is 6.92 Å². The van der Waals surface area contributed by atoms with Crippen molar-refractivity contribution in [3.63, 3.8) is 0 Å². The third-order valence-electron chi connectivity index (χ3n) is 4.23. The van der Waals surface area contributed by atoms with E-state index in [2.05, 4.69) is 26.6 Å². The van der Waals surface area contributed by atoms with E-state index in [4.69, 9.17) is 26.5 Å². The van der Waals surface area contributed by atoms with Crippen LogP contribution in [0.5, 0.6) is 5.75 Å². The van der Waals surface area contributed by atoms with Gasteiger partial charge in [0.05, 0.1) is 11.6 Å². The fourth-order valence-corrected chi connectivity index (χ4v) is 3.41. The van der Waals surface area contributed by atoms with E-state index < -0.39 is 0 Å². The van der Waals surface area contributed by atoms with E-state index in [-0.39, 0.29) is 17.6 Å². The number of amides is 1. The number of hydrogen-bond acceptors (Lipinski definition) is 5. The topological polar surface area (TPSA) is 83.7 Å². The van der Waals surface area contributed by atoms with Gasteiger partial charge in [0.1, 0.15) is 23.9 Å². The second-order valence-electron chi connectivity index (χ2n) is 6.21. The Kier molecular flexibility index (Phi) is 6.68. The molecule has 1 aromatic heterocycles. The number of hydrogen-bond donors (Lipinski definition) is 3. The van der Waals surface area contributed by atoms with E-state index in [1.807, 2.05) is 25.1 Å². The summed E-state index contributed by atoms with van der Waals surface area (Å²) < 4.78 is 11.4. The summed E-state index contributed by atoms with van der Waals surface area (Å²) in [5.41, 5.74) is 2.96. The van der Waals surface area contributed by atoms with Crippen LogP contribution in [-0.2, 0) is 6.61 Å². The van der Waals surface area contributed by atoms with Gasteiger partial charge in [-0.3, -0.25) is 10.1 Å². The van der Waals surface area contributed by atoms with Crippen LogP contribution >= 0.6 is 28.1 Å². The van der Waals surface area contributed by atoms with Crippen LogP contribution in [0.25, 0.3) is 11.3 Å². The van der Waals surface area contributed by atoms with Crippen molar-refractivity contribution >= 4 is 44.9 Å². The molecule has 8 heteroatoms. The van der Waals surface area contributed by atoms with Gasteiger partial charge in [0.15, 0.2) is 5.11 Å². The van der Waals surface area contributed by atoms with E-state index in [9.17, 15) is 4.79 Å². The van der Waals surface area contributed by atoms with Crippen molar-refractivity contribution in [1.29, 1.82) is 0 Å². The zero-order chi connectivity index (χ0) is 21.0. The molecule has 0 aliphatic carbocycles. The molecule has 2 aromatic carbocycles. The van der Waals surface area contributed by atoms with Gasteiger partial charge in [-0.05, 0) is 77.0 Å². The fourth-order valence-electron chi connectivity index (χ4n) is 2.66. The van der Waals surface area contributed by atoms with Crippen LogP contribution in [0.2, 0.25) is 0 Å². The number of aryl methyl sites for hydroxylation is 1. The molecule has 3 rings (SSSR count). The van der Waals surface area contributed by atoms with E-state index in [1.165, 1.54) is 0 Å². The molecule has 3 aromatic rings. The first-order valence-electron chi connectivity index (χ1n) is 8.67. The molecule has 1 amide bonds. The van der Waals surface area contributed by atoms with Gasteiger partial charge >= 0.3 is 0 Å². The Morgan fingerprint density at radius 1 is 1.21 bits per heavy atom. The van der Waals surface area contributed by atoms with Crippen molar-refractivity contribution in [2.75, 3.05) is 12.4 Å². The maximum Gasteiger partial charge on any atom is 0.257 e. The molecule has 0 atom stereocenters. The first-order valence-corrected chi connectivity index (χ1v) is 9.88. The van der Waals surface area contributed by atoms with Crippen molar-refractivity contribution < 1.29 is 19.1 Å². The zero-order valence-corrected chi connectivity index (χ0v) is 18.2. The Hall–Kier alpha value is -2.68. The number of halogens is 1. The zero-order valence-electron chi connectivity index (χ0n) is 15.8. The third kappa shape index (κ3) is 5.03. The second kappa shape index (κ2) is 9.21. The van der Waals surface area contributed by atoms with Crippen LogP contribution in [0.1, 0.15) is 21.7 Å². The Morgan fingerprint density at radius 2 is 2.00 bits per heavy atom. The van der Waals surface area contributed by atoms with Crippen molar-refractivity contribution in [1.82, 2.24) is 5.32 Å². The van der Waals surface area contributed by atoms with Gasteiger partial charge in [-0.25, -0.2) is 0 Å². The summed E-state index contributed by atoms with van der Waals surface area (Å²) in [4.78, 5) is 12.5. The van der Waals surface area contributed by atoms with Gasteiger partial charge in [-0.1, -0.05) is 12.1 Å². The maximum atomic E-state index is 12.5. The molecule has 0 unspecified atom stereocenters. The Balaban J connectivity index is 1.72. The molecule has 1 heterocycles. The molecular weight excluding hydrogens is 456 g/mol. The average Bonchev–Trinajstić information content (AvgIpc) is 3.18. The number of furan rings is 1. The maximum absolute atomic E-state index is 12.5. The SMILES string of the molecule is COc1ccc(C(=O)NC(=S)Nc2cc(-c3ccc(CO)o3)ccc2C)cc1Br. The molecule has 0 fully saturated rings. The molecule has 0 aliphatic rings. The van der Waals surface area contributed by atoms with Crippen LogP contribution in [0.15, 0.2) is 57.4 Å². The number of carbonyl (C=O) groups is 1. The first-order chi connectivity index (χ1) is 13.9. The molecule has 0 saturated heterocycles. The minimum atomic E-state index is -0.335. The first kappa shape index (κ1) is 21.0. The second-order valence-corrected chi connectivity index (χ2v) is 7.47. The van der Waals surface area contributed by atoms with Gasteiger partial charge in [0.25, 0.3) is 5.91 Å². The molecular formula is C21H19BrN2O4S. The highest BCUT2D eigenvalue weighted by Crippen LogP contribution is 2.28. The largest absolute Gasteiger partial charge is 0.496 e. The number of carbonyl (C=O) groups excluding carboxylic acids is 1. The smallest absolute Gasteiger partial charge is 0.257 e. The minimum absolute atomic E-state index is 0.158. The third-order valence-corrected chi connectivity index (χ3v) is 5.05. The quantitative estimate of drug-likeness (QED) is 0.467. The van der Waals surface area contributed by atoms with Gasteiger partial charge in [0.2, 0.25) is 0 Å². The lowest BCUT2D eigenvalue weighted by atomic mass is 10.1. The molecule has 0 aliphatic heterocycles. The fraction of sp³-hybridized carbons (Fsp3) is 0.143. The van der Waals surface area contributed by atoms with Crippen LogP contribution in [-0.4, -0.2) is 23.2 Å². The lowest BCUT2D eigenvalue weighted by molar-refractivity contribution is 0.0977. The number of methoxy groups -OCH3 is 1. The molecule has 6 nitrogen and oxygen atoms in total. The molecule has 150 valence electrons. The Labute approximate surface area is 182 Å². The summed E-state index contributed by atoms with van der Waals surface area (Å²) >= 11 is 8.66. The molecule has 0 saturated carbocycles. The van der Waals surface area contributed by atoms with Crippen molar-refractivity contribution in [2.45, 2.75) is 13.5 Å². The number of rotatable bonds is 5. The summed E-state index contributed by atoms with van der Waals surface area (Å²) in [6.45, 7) is 1.77. The number of aliphatic hydroxyl groups is 1. The number of nitrogens with one attached hydrogen (secondary N) is 2. The van der Waals surface area contributed by atoms with Crippen LogP contribution in [0.4, 0.5) is 5.69 Å². The molecule has 3 N–H and O–H groups in total. The van der Waals surface area contributed by atoms with E-state index in [1.54, 1.807) is 37.4 Å². The minimum Gasteiger partial charge on any atom is -0.496 e. The highest BCUT2D eigenvalue weighted by Gasteiger charge is 2.12. The standard InChI is InChI=1S/C21H19BrN2O4S/c1-12-3-4-13(18-8-6-15(11-25)28-18)10-17(12)23-21(29)24-20(26)14-5-7-19(27-2)16(22)9-14/h3-10,25H,11H2,1-2H3,(H2,23,24,26,29). The van der Waals surface area contributed by atoms with E-state index in [0.29, 0.717) is 27.3 Å². The van der Waals surface area contributed by atoms with Crippen LogP contribution < -0.4 is 15.4 Å². The lowest BCUT2D eigenvalue weighted by Crippen LogP contribution is -2.34. The average molecular weight is 475 g/mol. The van der Waals surface area contributed by atoms with Crippen LogP contribution in [0.3, 0.4) is 0 Å². The van der Waals surface area contributed by atoms with Gasteiger partial charge in [0, 0.05) is 16.8 Å². The monoisotopic (exact) mass is 474 g/mol. The number of aliphatic hydroxyl groups excluding tert-OH is 1. The summed E-state index contributed by atoms with van der Waals surface area (Å²) in [5, 5.41) is 15.1. The van der Waals surface area contributed by atoms with Crippen molar-refractivity contribution in [3.8, 4) is 17.1 Å². The number of anilines is 1. The lowest BCUT2D eigenvalue weighted by Gasteiger charge is -2.13. The molecule has 0 bridgehead atoms. The summed E-state index contributed by atoms with van der Waals surface area (Å²) in [6, 6.07) is 14.2. The van der Waals surface area contributed by atoms with E-state index >= 15 is 0 Å². The molecule has 0 radical (unpaired) electrons. The summed E-state index contributed by atoms with van der Waals surface area (Å²) in [7, 11) is 1.56. The van der Waals surface area contributed by atoms with E-state index in [0.717, 1.165) is 16.8 Å². The molecule has 0 spiro atoms. The van der Waals surface area contributed by atoms with Crippen molar-refractivity contribution in [2.24, 2.45) is 0 Å². The number of benzene rings is 2. The summed E-state index contributed by atoms with van der Waals surface area (Å²) in [6.07, 6.45) is 0. The highest BCUT2D eigenvalue weighted by atomic mass is 79.9. The van der Waals surface area contributed by atoms with Crippen molar-refractivity contribution in [3.05, 3.63) is 69.9 Å². The highest BCUT2D eigenvalue weighted by molar-refractivity contribution is 9.10.